The van der Waals surface area contributed by atoms with Crippen molar-refractivity contribution in [3.8, 4) is 0 Å². The first-order chi connectivity index (χ1) is 10.8. The molecule has 1 atom stereocenters. The van der Waals surface area contributed by atoms with Crippen molar-refractivity contribution in [3.63, 3.8) is 0 Å². The highest BCUT2D eigenvalue weighted by Crippen LogP contribution is 2.35. The number of amides is 2. The third-order valence-corrected chi connectivity index (χ3v) is 6.27. The van der Waals surface area contributed by atoms with E-state index in [1.165, 1.54) is 42.5 Å². The van der Waals surface area contributed by atoms with Gasteiger partial charge in [-0.15, -0.1) is 11.3 Å². The lowest BCUT2D eigenvalue weighted by atomic mass is 9.95. The topological polar surface area (TPSA) is 32.3 Å². The number of aryl methyl sites for hydroxylation is 1. The zero-order valence-corrected chi connectivity index (χ0v) is 14.5. The van der Waals surface area contributed by atoms with Crippen LogP contribution in [0.1, 0.15) is 74.3 Å². The van der Waals surface area contributed by atoms with Crippen LogP contribution in [0.15, 0.2) is 11.4 Å². The molecule has 2 amide bonds. The van der Waals surface area contributed by atoms with Crippen LogP contribution in [0, 0.1) is 6.92 Å². The van der Waals surface area contributed by atoms with Crippen LogP contribution in [-0.4, -0.2) is 23.5 Å². The van der Waals surface area contributed by atoms with Gasteiger partial charge in [-0.25, -0.2) is 4.79 Å². The minimum atomic E-state index is 0.173. The van der Waals surface area contributed by atoms with Crippen molar-refractivity contribution in [1.82, 2.24) is 10.2 Å². The van der Waals surface area contributed by atoms with Crippen LogP contribution < -0.4 is 5.32 Å². The second-order valence-electron chi connectivity index (χ2n) is 6.81. The molecule has 1 saturated carbocycles. The van der Waals surface area contributed by atoms with Gasteiger partial charge < -0.3 is 10.2 Å². The Kier molecular flexibility index (Phi) is 5.40. The highest BCUT2D eigenvalue weighted by molar-refractivity contribution is 7.10. The molecule has 2 heterocycles. The third kappa shape index (κ3) is 3.65. The van der Waals surface area contributed by atoms with E-state index in [0.29, 0.717) is 6.04 Å². The summed E-state index contributed by atoms with van der Waals surface area (Å²) in [7, 11) is 0. The Morgan fingerprint density at radius 3 is 2.59 bits per heavy atom. The minimum Gasteiger partial charge on any atom is -0.335 e. The highest BCUT2D eigenvalue weighted by atomic mass is 32.1. The molecule has 0 aromatic carbocycles. The lowest BCUT2D eigenvalue weighted by molar-refractivity contribution is 0.169. The number of rotatable bonds is 2. The van der Waals surface area contributed by atoms with E-state index in [0.717, 1.165) is 32.2 Å². The molecular formula is C18H28N2OS. The summed E-state index contributed by atoms with van der Waals surface area (Å²) in [6.07, 6.45) is 10.9. The number of hydrogen-bond donors (Lipinski definition) is 1. The molecule has 0 radical (unpaired) electrons. The van der Waals surface area contributed by atoms with E-state index in [2.05, 4.69) is 28.6 Å². The molecule has 0 spiro atoms. The van der Waals surface area contributed by atoms with Crippen LogP contribution in [0.5, 0.6) is 0 Å². The normalized spacial score (nSPS) is 24.0. The van der Waals surface area contributed by atoms with Gasteiger partial charge in [0.05, 0.1) is 6.04 Å². The molecule has 1 aromatic rings. The van der Waals surface area contributed by atoms with Crippen LogP contribution in [0.4, 0.5) is 4.79 Å². The van der Waals surface area contributed by atoms with E-state index >= 15 is 0 Å². The number of carbonyl (C=O) groups is 1. The zero-order valence-electron chi connectivity index (χ0n) is 13.6. The van der Waals surface area contributed by atoms with Gasteiger partial charge in [0.1, 0.15) is 0 Å². The Morgan fingerprint density at radius 2 is 1.86 bits per heavy atom. The Labute approximate surface area is 138 Å². The molecule has 22 heavy (non-hydrogen) atoms. The molecular weight excluding hydrogens is 292 g/mol. The minimum absolute atomic E-state index is 0.173. The smallest absolute Gasteiger partial charge is 0.318 e. The Morgan fingerprint density at radius 1 is 1.14 bits per heavy atom. The molecule has 2 fully saturated rings. The molecule has 1 aromatic heterocycles. The quantitative estimate of drug-likeness (QED) is 0.815. The van der Waals surface area contributed by atoms with Gasteiger partial charge in [0.25, 0.3) is 0 Å². The number of nitrogens with zero attached hydrogens (tertiary/aromatic N) is 1. The lowest BCUT2D eigenvalue weighted by Crippen LogP contribution is -2.46. The van der Waals surface area contributed by atoms with Gasteiger partial charge in [0.15, 0.2) is 0 Å². The number of nitrogens with one attached hydrogen (secondary N) is 1. The van der Waals surface area contributed by atoms with E-state index in [1.54, 1.807) is 0 Å². The molecule has 0 unspecified atom stereocenters. The first-order valence-corrected chi connectivity index (χ1v) is 9.75. The summed E-state index contributed by atoms with van der Waals surface area (Å²) < 4.78 is 0. The summed E-state index contributed by atoms with van der Waals surface area (Å²) in [5.74, 6) is 0. The van der Waals surface area contributed by atoms with Crippen molar-refractivity contribution in [3.05, 3.63) is 21.9 Å². The van der Waals surface area contributed by atoms with Gasteiger partial charge in [-0.3, -0.25) is 0 Å². The average molecular weight is 321 g/mol. The molecule has 1 aliphatic carbocycles. The first kappa shape index (κ1) is 15.9. The monoisotopic (exact) mass is 320 g/mol. The summed E-state index contributed by atoms with van der Waals surface area (Å²) in [4.78, 5) is 16.4. The van der Waals surface area contributed by atoms with Gasteiger partial charge in [0, 0.05) is 17.5 Å². The average Bonchev–Trinajstić information content (AvgIpc) is 2.81. The SMILES string of the molecule is Cc1ccsc1[C@@H]1CCCCCN1C(=O)NC1CCCCC1. The van der Waals surface area contributed by atoms with Crippen molar-refractivity contribution in [2.24, 2.45) is 0 Å². The third-order valence-electron chi connectivity index (χ3n) is 5.15. The number of carbonyl (C=O) groups excluding carboxylic acids is 1. The van der Waals surface area contributed by atoms with E-state index in [9.17, 15) is 4.79 Å². The molecule has 0 bridgehead atoms. The Balaban J connectivity index is 1.72. The van der Waals surface area contributed by atoms with Gasteiger partial charge in [0.2, 0.25) is 0 Å². The van der Waals surface area contributed by atoms with E-state index in [-0.39, 0.29) is 12.1 Å². The Hall–Kier alpha value is -1.03. The molecule has 3 nitrogen and oxygen atoms in total. The lowest BCUT2D eigenvalue weighted by Gasteiger charge is -2.33. The van der Waals surface area contributed by atoms with Crippen molar-refractivity contribution in [2.45, 2.75) is 76.8 Å². The standard InChI is InChI=1S/C18H28N2OS/c1-14-11-13-22-17(14)16-10-6-3-7-12-20(16)18(21)19-15-8-4-2-5-9-15/h11,13,15-16H,2-10,12H2,1H3,(H,19,21)/t16-/m0/s1. The molecule has 1 saturated heterocycles. The molecule has 122 valence electrons. The van der Waals surface area contributed by atoms with Crippen LogP contribution in [0.3, 0.4) is 0 Å². The summed E-state index contributed by atoms with van der Waals surface area (Å²) in [6.45, 7) is 3.08. The maximum atomic E-state index is 12.9. The van der Waals surface area contributed by atoms with Gasteiger partial charge in [-0.05, 0) is 49.6 Å². The largest absolute Gasteiger partial charge is 0.335 e. The zero-order chi connectivity index (χ0) is 15.4. The van der Waals surface area contributed by atoms with E-state index in [1.807, 2.05) is 11.3 Å². The maximum absolute atomic E-state index is 12.9. The Bertz CT molecular complexity index is 493. The predicted molar refractivity (Wildman–Crippen MR) is 92.4 cm³/mol. The fourth-order valence-electron chi connectivity index (χ4n) is 3.85. The number of urea groups is 1. The molecule has 1 aliphatic heterocycles. The van der Waals surface area contributed by atoms with Crippen LogP contribution >= 0.6 is 11.3 Å². The van der Waals surface area contributed by atoms with Crippen LogP contribution in [-0.2, 0) is 0 Å². The fourth-order valence-corrected chi connectivity index (χ4v) is 4.93. The van der Waals surface area contributed by atoms with Crippen molar-refractivity contribution >= 4 is 17.4 Å². The summed E-state index contributed by atoms with van der Waals surface area (Å²) in [6, 6.07) is 3.04. The molecule has 1 N–H and O–H groups in total. The van der Waals surface area contributed by atoms with Gasteiger partial charge in [-0.1, -0.05) is 32.1 Å². The van der Waals surface area contributed by atoms with Crippen LogP contribution in [0.25, 0.3) is 0 Å². The van der Waals surface area contributed by atoms with Gasteiger partial charge in [-0.2, -0.15) is 0 Å². The maximum Gasteiger partial charge on any atom is 0.318 e. The summed E-state index contributed by atoms with van der Waals surface area (Å²) in [5, 5.41) is 5.48. The van der Waals surface area contributed by atoms with Crippen LogP contribution in [0.2, 0.25) is 0 Å². The van der Waals surface area contributed by atoms with Crippen molar-refractivity contribution < 1.29 is 4.79 Å². The number of likely N-dealkylation sites (tertiary alicyclic amines) is 1. The highest BCUT2D eigenvalue weighted by Gasteiger charge is 2.29. The van der Waals surface area contributed by atoms with Crippen molar-refractivity contribution in [2.75, 3.05) is 6.54 Å². The first-order valence-electron chi connectivity index (χ1n) is 8.87. The number of thiophene rings is 1. The van der Waals surface area contributed by atoms with Crippen molar-refractivity contribution in [1.29, 1.82) is 0 Å². The fraction of sp³-hybridized carbons (Fsp3) is 0.722. The second-order valence-corrected chi connectivity index (χ2v) is 7.76. The summed E-state index contributed by atoms with van der Waals surface area (Å²) in [5.41, 5.74) is 1.34. The number of hydrogen-bond acceptors (Lipinski definition) is 2. The predicted octanol–water partition coefficient (Wildman–Crippen LogP) is 5.02. The second kappa shape index (κ2) is 7.49. The molecule has 3 rings (SSSR count). The van der Waals surface area contributed by atoms with E-state index in [4.69, 9.17) is 0 Å². The molecule has 2 aliphatic rings. The van der Waals surface area contributed by atoms with Gasteiger partial charge >= 0.3 is 6.03 Å². The van der Waals surface area contributed by atoms with E-state index < -0.39 is 0 Å². The summed E-state index contributed by atoms with van der Waals surface area (Å²) >= 11 is 1.81. The molecule has 4 heteroatoms.